The molecule has 0 saturated carbocycles. The Bertz CT molecular complexity index is 676. The van der Waals surface area contributed by atoms with Crippen LogP contribution in [-0.4, -0.2) is 5.11 Å². The highest BCUT2D eigenvalue weighted by molar-refractivity contribution is 5.45. The molecule has 0 aliphatic carbocycles. The maximum Gasteiger partial charge on any atom is 0.115 e. The minimum absolute atomic E-state index is 0.224. The third kappa shape index (κ3) is 6.36. The summed E-state index contributed by atoms with van der Waals surface area (Å²) in [6.07, 6.45) is 5.96. The molecular formula is C20H22N2O. The number of rotatable bonds is 6. The van der Waals surface area contributed by atoms with Crippen LogP contribution in [0.5, 0.6) is 5.75 Å². The fourth-order valence-electron chi connectivity index (χ4n) is 2.05. The van der Waals surface area contributed by atoms with Crippen molar-refractivity contribution < 1.29 is 5.11 Å². The molecule has 0 heterocycles. The van der Waals surface area contributed by atoms with Crippen LogP contribution in [0.25, 0.3) is 0 Å². The van der Waals surface area contributed by atoms with Crippen LogP contribution in [0.4, 0.5) is 11.4 Å². The van der Waals surface area contributed by atoms with Gasteiger partial charge in [0, 0.05) is 12.0 Å². The molecule has 0 aliphatic heterocycles. The number of benzene rings is 2. The molecule has 0 atom stereocenters. The second kappa shape index (κ2) is 9.42. The molecule has 0 fully saturated rings. The lowest BCUT2D eigenvalue weighted by Crippen LogP contribution is -1.76. The van der Waals surface area contributed by atoms with E-state index < -0.39 is 0 Å². The largest absolute Gasteiger partial charge is 0.508 e. The van der Waals surface area contributed by atoms with Crippen molar-refractivity contribution in [1.82, 2.24) is 0 Å². The number of unbranched alkanes of at least 4 members (excludes halogenated alkanes) is 4. The lowest BCUT2D eigenvalue weighted by Gasteiger charge is -1.95. The molecule has 0 radical (unpaired) electrons. The monoisotopic (exact) mass is 306 g/mol. The average Bonchev–Trinajstić information content (AvgIpc) is 2.58. The third-order valence-corrected chi connectivity index (χ3v) is 3.39. The van der Waals surface area contributed by atoms with Gasteiger partial charge in [-0.15, -0.1) is 0 Å². The number of hydrogen-bond acceptors (Lipinski definition) is 3. The van der Waals surface area contributed by atoms with Gasteiger partial charge in [-0.3, -0.25) is 0 Å². The van der Waals surface area contributed by atoms with Gasteiger partial charge in [0.15, 0.2) is 0 Å². The molecular weight excluding hydrogens is 284 g/mol. The molecule has 0 amide bonds. The van der Waals surface area contributed by atoms with Crippen LogP contribution in [0, 0.1) is 11.8 Å². The molecule has 3 heteroatoms. The molecule has 0 aromatic heterocycles. The first kappa shape index (κ1) is 16.8. The fourth-order valence-corrected chi connectivity index (χ4v) is 2.05. The van der Waals surface area contributed by atoms with Crippen LogP contribution in [0.15, 0.2) is 58.8 Å². The Balaban J connectivity index is 1.87. The van der Waals surface area contributed by atoms with E-state index >= 15 is 0 Å². The summed E-state index contributed by atoms with van der Waals surface area (Å²) in [7, 11) is 0. The van der Waals surface area contributed by atoms with Crippen molar-refractivity contribution in [2.45, 2.75) is 39.0 Å². The molecule has 118 valence electrons. The van der Waals surface area contributed by atoms with E-state index in [4.69, 9.17) is 0 Å². The molecule has 2 aromatic carbocycles. The van der Waals surface area contributed by atoms with Crippen LogP contribution in [0.2, 0.25) is 0 Å². The Morgan fingerprint density at radius 1 is 0.826 bits per heavy atom. The van der Waals surface area contributed by atoms with E-state index in [9.17, 15) is 5.11 Å². The van der Waals surface area contributed by atoms with Crippen LogP contribution in [0.1, 0.15) is 44.6 Å². The van der Waals surface area contributed by atoms with Crippen molar-refractivity contribution in [3.8, 4) is 17.6 Å². The van der Waals surface area contributed by atoms with E-state index in [-0.39, 0.29) is 5.75 Å². The Kier molecular flexibility index (Phi) is 6.87. The molecule has 2 aromatic rings. The van der Waals surface area contributed by atoms with E-state index in [1.165, 1.54) is 25.7 Å². The number of azo groups is 1. The lowest BCUT2D eigenvalue weighted by molar-refractivity contribution is 0.475. The van der Waals surface area contributed by atoms with Gasteiger partial charge in [-0.1, -0.05) is 38.0 Å². The summed E-state index contributed by atoms with van der Waals surface area (Å²) < 4.78 is 0. The van der Waals surface area contributed by atoms with Crippen molar-refractivity contribution in [1.29, 1.82) is 0 Å². The molecule has 3 nitrogen and oxygen atoms in total. The van der Waals surface area contributed by atoms with Crippen molar-refractivity contribution in [2.24, 2.45) is 10.2 Å². The number of phenolic OH excluding ortho intramolecular Hbond substituents is 1. The zero-order valence-corrected chi connectivity index (χ0v) is 13.5. The first-order chi connectivity index (χ1) is 11.3. The fraction of sp³-hybridized carbons (Fsp3) is 0.300. The van der Waals surface area contributed by atoms with E-state index in [0.29, 0.717) is 5.69 Å². The summed E-state index contributed by atoms with van der Waals surface area (Å²) in [5.74, 6) is 6.62. The van der Waals surface area contributed by atoms with Gasteiger partial charge >= 0.3 is 0 Å². The maximum atomic E-state index is 9.22. The van der Waals surface area contributed by atoms with Crippen LogP contribution in [-0.2, 0) is 0 Å². The summed E-state index contributed by atoms with van der Waals surface area (Å²) >= 11 is 0. The van der Waals surface area contributed by atoms with Gasteiger partial charge in [0.1, 0.15) is 5.75 Å². The Hall–Kier alpha value is -2.60. The zero-order chi connectivity index (χ0) is 16.3. The van der Waals surface area contributed by atoms with Gasteiger partial charge in [0.05, 0.1) is 11.4 Å². The Morgan fingerprint density at radius 3 is 2.04 bits per heavy atom. The van der Waals surface area contributed by atoms with Gasteiger partial charge in [-0.05, 0) is 55.0 Å². The quantitative estimate of drug-likeness (QED) is 0.389. The highest BCUT2D eigenvalue weighted by Gasteiger charge is 1.93. The van der Waals surface area contributed by atoms with Gasteiger partial charge in [0.2, 0.25) is 0 Å². The number of hydrogen-bond donors (Lipinski definition) is 1. The van der Waals surface area contributed by atoms with Gasteiger partial charge < -0.3 is 5.11 Å². The van der Waals surface area contributed by atoms with Crippen LogP contribution in [0.3, 0.4) is 0 Å². The summed E-state index contributed by atoms with van der Waals surface area (Å²) in [6.45, 7) is 2.21. The second-order valence-electron chi connectivity index (χ2n) is 5.38. The predicted octanol–water partition coefficient (Wildman–Crippen LogP) is 6.13. The Labute approximate surface area is 138 Å². The minimum atomic E-state index is 0.224. The zero-order valence-electron chi connectivity index (χ0n) is 13.5. The van der Waals surface area contributed by atoms with E-state index in [0.717, 1.165) is 17.7 Å². The van der Waals surface area contributed by atoms with Crippen molar-refractivity contribution in [3.63, 3.8) is 0 Å². The summed E-state index contributed by atoms with van der Waals surface area (Å²) in [5.41, 5.74) is 2.49. The Morgan fingerprint density at radius 2 is 1.43 bits per heavy atom. The first-order valence-electron chi connectivity index (χ1n) is 8.07. The van der Waals surface area contributed by atoms with Crippen molar-refractivity contribution in [2.75, 3.05) is 0 Å². The van der Waals surface area contributed by atoms with Crippen LogP contribution < -0.4 is 0 Å². The summed E-state index contributed by atoms with van der Waals surface area (Å²) in [4.78, 5) is 0. The summed E-state index contributed by atoms with van der Waals surface area (Å²) in [5, 5.41) is 17.5. The highest BCUT2D eigenvalue weighted by Crippen LogP contribution is 2.20. The molecule has 0 aliphatic rings. The molecule has 0 unspecified atom stereocenters. The maximum absolute atomic E-state index is 9.22. The van der Waals surface area contributed by atoms with Crippen molar-refractivity contribution >= 4 is 11.4 Å². The lowest BCUT2D eigenvalue weighted by atomic mass is 10.1. The number of phenols is 1. The van der Waals surface area contributed by atoms with E-state index in [1.54, 1.807) is 24.3 Å². The topological polar surface area (TPSA) is 45.0 Å². The first-order valence-corrected chi connectivity index (χ1v) is 8.07. The molecule has 0 bridgehead atoms. The van der Waals surface area contributed by atoms with E-state index in [1.807, 2.05) is 24.3 Å². The van der Waals surface area contributed by atoms with Crippen molar-refractivity contribution in [3.05, 3.63) is 54.1 Å². The molecule has 0 spiro atoms. The molecule has 23 heavy (non-hydrogen) atoms. The predicted molar refractivity (Wildman–Crippen MR) is 94.4 cm³/mol. The molecule has 0 saturated heterocycles. The normalized spacial score (nSPS) is 10.5. The standard InChI is InChI=1S/C20H22N2O/c1-2-3-4-5-6-7-8-17-9-11-18(12-10-17)21-22-19-13-15-20(23)16-14-19/h9-16,23H,2-6H2,1H3. The molecule has 2 rings (SSSR count). The summed E-state index contributed by atoms with van der Waals surface area (Å²) in [6, 6.07) is 14.4. The second-order valence-corrected chi connectivity index (χ2v) is 5.38. The number of nitrogens with zero attached hydrogens (tertiary/aromatic N) is 2. The van der Waals surface area contributed by atoms with Gasteiger partial charge in [-0.2, -0.15) is 10.2 Å². The number of aromatic hydroxyl groups is 1. The highest BCUT2D eigenvalue weighted by atomic mass is 16.3. The van der Waals surface area contributed by atoms with Crippen LogP contribution >= 0.6 is 0 Å². The van der Waals surface area contributed by atoms with Gasteiger partial charge in [-0.25, -0.2) is 0 Å². The van der Waals surface area contributed by atoms with E-state index in [2.05, 4.69) is 29.0 Å². The third-order valence-electron chi connectivity index (χ3n) is 3.39. The smallest absolute Gasteiger partial charge is 0.115 e. The minimum Gasteiger partial charge on any atom is -0.508 e. The average molecular weight is 306 g/mol. The SMILES string of the molecule is CCCCCCC#Cc1ccc(N=Nc2ccc(O)cc2)cc1. The molecule has 1 N–H and O–H groups in total. The van der Waals surface area contributed by atoms with Gasteiger partial charge in [0.25, 0.3) is 0 Å².